The van der Waals surface area contributed by atoms with Crippen LogP contribution in [-0.2, 0) is 4.79 Å². The van der Waals surface area contributed by atoms with E-state index in [2.05, 4.69) is 5.32 Å². The van der Waals surface area contributed by atoms with Crippen molar-refractivity contribution in [2.45, 2.75) is 13.1 Å². The van der Waals surface area contributed by atoms with Crippen LogP contribution < -0.4 is 10.1 Å². The molecule has 0 aliphatic carbocycles. The van der Waals surface area contributed by atoms with Crippen molar-refractivity contribution in [3.63, 3.8) is 0 Å². The van der Waals surface area contributed by atoms with E-state index in [1.807, 2.05) is 11.8 Å². The summed E-state index contributed by atoms with van der Waals surface area (Å²) in [6, 6.07) is 5.11. The summed E-state index contributed by atoms with van der Waals surface area (Å²) in [7, 11) is 1.50. The maximum absolute atomic E-state index is 11.4. The molecule has 5 heteroatoms. The normalized spacial score (nSPS) is 20.4. The number of amides is 1. The smallest absolute Gasteiger partial charge is 0.235 e. The van der Waals surface area contributed by atoms with E-state index in [9.17, 15) is 9.90 Å². The van der Waals surface area contributed by atoms with Crippen molar-refractivity contribution in [2.24, 2.45) is 0 Å². The Bertz CT molecular complexity index is 434. The lowest BCUT2D eigenvalue weighted by molar-refractivity contribution is -0.118. The zero-order valence-corrected chi connectivity index (χ0v) is 9.93. The van der Waals surface area contributed by atoms with Crippen molar-refractivity contribution >= 4 is 5.91 Å². The lowest BCUT2D eigenvalue weighted by atomic mass is 10.1. The molecule has 5 nitrogen and oxygen atoms in total. The van der Waals surface area contributed by atoms with Crippen LogP contribution in [0, 0.1) is 0 Å². The van der Waals surface area contributed by atoms with Gasteiger partial charge in [-0.1, -0.05) is 13.0 Å². The van der Waals surface area contributed by atoms with Crippen LogP contribution in [0.15, 0.2) is 18.2 Å². The first kappa shape index (κ1) is 11.7. The Kier molecular flexibility index (Phi) is 3.19. The number of aromatic hydroxyl groups is 1. The molecule has 1 aromatic rings. The molecule has 2 rings (SSSR count). The third-order valence-corrected chi connectivity index (χ3v) is 2.94. The first-order chi connectivity index (χ1) is 8.15. The Labute approximate surface area is 100.0 Å². The number of nitrogens with one attached hydrogen (secondary N) is 1. The Morgan fingerprint density at radius 2 is 2.35 bits per heavy atom. The van der Waals surface area contributed by atoms with Crippen LogP contribution in [0.25, 0.3) is 0 Å². The second-order valence-corrected chi connectivity index (χ2v) is 3.96. The van der Waals surface area contributed by atoms with E-state index in [1.54, 1.807) is 18.2 Å². The Hall–Kier alpha value is -1.75. The second-order valence-electron chi connectivity index (χ2n) is 3.96. The molecule has 92 valence electrons. The Morgan fingerprint density at radius 1 is 1.59 bits per heavy atom. The molecular weight excluding hydrogens is 220 g/mol. The average molecular weight is 236 g/mol. The number of methoxy groups -OCH3 is 1. The molecule has 0 aromatic heterocycles. The largest absolute Gasteiger partial charge is 0.504 e. The number of nitrogens with zero attached hydrogens (tertiary/aromatic N) is 1. The number of benzene rings is 1. The number of likely N-dealkylation sites (N-methyl/N-ethyl adjacent to an activating group) is 1. The van der Waals surface area contributed by atoms with E-state index in [0.717, 1.165) is 12.1 Å². The number of phenolic OH excluding ortho intramolecular Hbond substituents is 1. The number of carbonyl (C=O) groups excluding carboxylic acids is 1. The van der Waals surface area contributed by atoms with E-state index in [4.69, 9.17) is 4.74 Å². The standard InChI is InChI=1S/C12H16N2O3/c1-3-14-7-11(16)13-12(14)8-4-5-9(15)10(6-8)17-2/h4-6,12,15H,3,7H2,1-2H3,(H,13,16). The molecule has 1 amide bonds. The summed E-state index contributed by atoms with van der Waals surface area (Å²) in [6.45, 7) is 3.20. The van der Waals surface area contributed by atoms with E-state index >= 15 is 0 Å². The van der Waals surface area contributed by atoms with E-state index in [0.29, 0.717) is 12.3 Å². The summed E-state index contributed by atoms with van der Waals surface area (Å²) >= 11 is 0. The van der Waals surface area contributed by atoms with Gasteiger partial charge in [-0.05, 0) is 24.2 Å². The van der Waals surface area contributed by atoms with Crippen LogP contribution in [0.4, 0.5) is 0 Å². The molecule has 0 bridgehead atoms. The number of hydrogen-bond donors (Lipinski definition) is 2. The molecule has 0 radical (unpaired) electrons. The van der Waals surface area contributed by atoms with Crippen LogP contribution in [0.1, 0.15) is 18.7 Å². The maximum atomic E-state index is 11.4. The fourth-order valence-corrected chi connectivity index (χ4v) is 2.02. The minimum Gasteiger partial charge on any atom is -0.504 e. The zero-order valence-electron chi connectivity index (χ0n) is 9.93. The van der Waals surface area contributed by atoms with Gasteiger partial charge in [0.15, 0.2) is 11.5 Å². The highest BCUT2D eigenvalue weighted by Crippen LogP contribution is 2.31. The predicted molar refractivity (Wildman–Crippen MR) is 62.8 cm³/mol. The van der Waals surface area contributed by atoms with Crippen molar-refractivity contribution in [3.8, 4) is 11.5 Å². The third-order valence-electron chi connectivity index (χ3n) is 2.94. The Balaban J connectivity index is 2.30. The van der Waals surface area contributed by atoms with Crippen molar-refractivity contribution in [3.05, 3.63) is 23.8 Å². The molecule has 0 spiro atoms. The molecule has 2 N–H and O–H groups in total. The van der Waals surface area contributed by atoms with Gasteiger partial charge in [0.2, 0.25) is 5.91 Å². The molecule has 17 heavy (non-hydrogen) atoms. The van der Waals surface area contributed by atoms with Crippen molar-refractivity contribution in [1.82, 2.24) is 10.2 Å². The van der Waals surface area contributed by atoms with Gasteiger partial charge in [0, 0.05) is 0 Å². The summed E-state index contributed by atoms with van der Waals surface area (Å²) in [5.41, 5.74) is 0.910. The van der Waals surface area contributed by atoms with Gasteiger partial charge in [-0.3, -0.25) is 9.69 Å². The summed E-state index contributed by atoms with van der Waals surface area (Å²) in [6.07, 6.45) is -0.137. The molecule has 1 heterocycles. The lowest BCUT2D eigenvalue weighted by Gasteiger charge is -2.22. The highest BCUT2D eigenvalue weighted by atomic mass is 16.5. The van der Waals surface area contributed by atoms with Crippen LogP contribution in [0.2, 0.25) is 0 Å². The SMILES string of the molecule is CCN1CC(=O)NC1c1ccc(O)c(OC)c1. The van der Waals surface area contributed by atoms with Crippen LogP contribution in [0.3, 0.4) is 0 Å². The zero-order chi connectivity index (χ0) is 12.4. The van der Waals surface area contributed by atoms with Gasteiger partial charge in [-0.15, -0.1) is 0 Å². The molecule has 1 aromatic carbocycles. The van der Waals surface area contributed by atoms with Gasteiger partial charge >= 0.3 is 0 Å². The molecule has 1 aliphatic rings. The topological polar surface area (TPSA) is 61.8 Å². The second kappa shape index (κ2) is 4.63. The van der Waals surface area contributed by atoms with Gasteiger partial charge in [-0.2, -0.15) is 0 Å². The van der Waals surface area contributed by atoms with E-state index in [1.165, 1.54) is 7.11 Å². The number of rotatable bonds is 3. The minimum absolute atomic E-state index is 0.0175. The summed E-state index contributed by atoms with van der Waals surface area (Å²) in [5, 5.41) is 12.4. The lowest BCUT2D eigenvalue weighted by Crippen LogP contribution is -2.27. The van der Waals surface area contributed by atoms with Gasteiger partial charge < -0.3 is 15.2 Å². The van der Waals surface area contributed by atoms with Crippen molar-refractivity contribution < 1.29 is 14.6 Å². The van der Waals surface area contributed by atoms with Gasteiger partial charge in [0.25, 0.3) is 0 Å². The van der Waals surface area contributed by atoms with Crippen molar-refractivity contribution in [1.29, 1.82) is 0 Å². The van der Waals surface area contributed by atoms with Gasteiger partial charge in [0.1, 0.15) is 6.17 Å². The number of ether oxygens (including phenoxy) is 1. The fraction of sp³-hybridized carbons (Fsp3) is 0.417. The van der Waals surface area contributed by atoms with Crippen LogP contribution >= 0.6 is 0 Å². The molecule has 0 saturated carbocycles. The van der Waals surface area contributed by atoms with E-state index in [-0.39, 0.29) is 17.8 Å². The number of carbonyl (C=O) groups is 1. The molecule has 1 unspecified atom stereocenters. The molecule has 1 fully saturated rings. The summed E-state index contributed by atoms with van der Waals surface area (Å²) in [5.74, 6) is 0.534. The number of phenols is 1. The average Bonchev–Trinajstić information content (AvgIpc) is 2.71. The van der Waals surface area contributed by atoms with Crippen molar-refractivity contribution in [2.75, 3.05) is 20.2 Å². The molecule has 1 aliphatic heterocycles. The summed E-state index contributed by atoms with van der Waals surface area (Å²) < 4.78 is 5.06. The quantitative estimate of drug-likeness (QED) is 0.816. The third kappa shape index (κ3) is 2.19. The minimum atomic E-state index is -0.137. The monoisotopic (exact) mass is 236 g/mol. The molecule has 1 atom stereocenters. The highest BCUT2D eigenvalue weighted by Gasteiger charge is 2.29. The van der Waals surface area contributed by atoms with Crippen LogP contribution in [0.5, 0.6) is 11.5 Å². The van der Waals surface area contributed by atoms with E-state index < -0.39 is 0 Å². The highest BCUT2D eigenvalue weighted by molar-refractivity contribution is 5.80. The number of hydrogen-bond acceptors (Lipinski definition) is 4. The summed E-state index contributed by atoms with van der Waals surface area (Å²) in [4.78, 5) is 13.4. The Morgan fingerprint density at radius 3 is 3.00 bits per heavy atom. The molecular formula is C12H16N2O3. The first-order valence-corrected chi connectivity index (χ1v) is 5.56. The first-order valence-electron chi connectivity index (χ1n) is 5.56. The predicted octanol–water partition coefficient (Wildman–Crippen LogP) is 0.851. The van der Waals surface area contributed by atoms with Gasteiger partial charge in [-0.25, -0.2) is 0 Å². The maximum Gasteiger partial charge on any atom is 0.235 e. The van der Waals surface area contributed by atoms with Crippen LogP contribution in [-0.4, -0.2) is 36.1 Å². The molecule has 1 saturated heterocycles. The fourth-order valence-electron chi connectivity index (χ4n) is 2.02. The van der Waals surface area contributed by atoms with Gasteiger partial charge in [0.05, 0.1) is 13.7 Å².